The topological polar surface area (TPSA) is 89.2 Å². The molecule has 2 N–H and O–H groups in total. The Kier molecular flexibility index (Phi) is 4.93. The number of carbonyl (C=O) groups excluding carboxylic acids is 2. The van der Waals surface area contributed by atoms with Crippen LogP contribution in [0, 0.1) is 0 Å². The molecule has 1 heterocycles. The Hall–Kier alpha value is -3.28. The van der Waals surface area contributed by atoms with E-state index >= 15 is 0 Å². The summed E-state index contributed by atoms with van der Waals surface area (Å²) < 4.78 is 0. The van der Waals surface area contributed by atoms with Crippen LogP contribution in [0.4, 0.5) is 5.95 Å². The van der Waals surface area contributed by atoms with Crippen molar-refractivity contribution in [2.45, 2.75) is 13.8 Å². The van der Waals surface area contributed by atoms with Gasteiger partial charge in [0.15, 0.2) is 6.29 Å². The molecule has 3 rings (SSSR count). The SMILES string of the molecule is CCN(CC)C(=O)c1nc(N)nc2ccc(-c3ccccc3C=O)cc12. The van der Waals surface area contributed by atoms with Gasteiger partial charge in [-0.3, -0.25) is 9.59 Å². The molecule has 0 saturated heterocycles. The van der Waals surface area contributed by atoms with Crippen molar-refractivity contribution in [3.63, 3.8) is 0 Å². The molecule has 132 valence electrons. The van der Waals surface area contributed by atoms with Crippen LogP contribution in [0.5, 0.6) is 0 Å². The summed E-state index contributed by atoms with van der Waals surface area (Å²) in [5.74, 6) is -0.121. The highest BCUT2D eigenvalue weighted by Gasteiger charge is 2.19. The summed E-state index contributed by atoms with van der Waals surface area (Å²) in [4.78, 5) is 34.3. The predicted octanol–water partition coefficient (Wildman–Crippen LogP) is 3.17. The number of nitrogen functional groups attached to an aromatic ring is 1. The molecule has 6 heteroatoms. The Morgan fingerprint density at radius 2 is 1.85 bits per heavy atom. The molecule has 0 fully saturated rings. The molecule has 0 bridgehead atoms. The van der Waals surface area contributed by atoms with E-state index in [4.69, 9.17) is 5.73 Å². The maximum absolute atomic E-state index is 12.9. The van der Waals surface area contributed by atoms with Gasteiger partial charge >= 0.3 is 0 Å². The van der Waals surface area contributed by atoms with Crippen LogP contribution in [-0.4, -0.2) is 40.2 Å². The van der Waals surface area contributed by atoms with E-state index in [-0.39, 0.29) is 17.5 Å². The monoisotopic (exact) mass is 348 g/mol. The lowest BCUT2D eigenvalue weighted by Crippen LogP contribution is -2.31. The van der Waals surface area contributed by atoms with Crippen LogP contribution >= 0.6 is 0 Å². The van der Waals surface area contributed by atoms with E-state index in [1.165, 1.54) is 0 Å². The first-order valence-electron chi connectivity index (χ1n) is 8.50. The molecule has 0 atom stereocenters. The fourth-order valence-corrected chi connectivity index (χ4v) is 3.00. The predicted molar refractivity (Wildman–Crippen MR) is 102 cm³/mol. The van der Waals surface area contributed by atoms with E-state index in [1.807, 2.05) is 44.2 Å². The number of carbonyl (C=O) groups is 2. The number of rotatable bonds is 5. The molecule has 26 heavy (non-hydrogen) atoms. The summed E-state index contributed by atoms with van der Waals surface area (Å²) in [5, 5.41) is 0.620. The van der Waals surface area contributed by atoms with Gasteiger partial charge in [-0.15, -0.1) is 0 Å². The molecule has 0 aliphatic carbocycles. The normalized spacial score (nSPS) is 10.7. The Labute approximate surface area is 151 Å². The smallest absolute Gasteiger partial charge is 0.273 e. The zero-order valence-corrected chi connectivity index (χ0v) is 14.8. The van der Waals surface area contributed by atoms with Crippen molar-refractivity contribution in [2.75, 3.05) is 18.8 Å². The zero-order chi connectivity index (χ0) is 18.7. The number of nitrogens with zero attached hydrogens (tertiary/aromatic N) is 3. The fourth-order valence-electron chi connectivity index (χ4n) is 3.00. The molecule has 1 aromatic heterocycles. The average Bonchev–Trinajstić information content (AvgIpc) is 2.67. The van der Waals surface area contributed by atoms with Crippen molar-refractivity contribution >= 4 is 29.0 Å². The number of nitrogens with two attached hydrogens (primary N) is 1. The molecule has 0 spiro atoms. The molecule has 0 aliphatic heterocycles. The number of aldehydes is 1. The Balaban J connectivity index is 2.23. The number of hydrogen-bond donors (Lipinski definition) is 1. The standard InChI is InChI=1S/C20H20N4O2/c1-3-24(4-2)19(26)18-16-11-13(9-10-17(16)22-20(21)23-18)15-8-6-5-7-14(15)12-25/h5-12H,3-4H2,1-2H3,(H2,21,22,23). The zero-order valence-electron chi connectivity index (χ0n) is 14.8. The van der Waals surface area contributed by atoms with Crippen LogP contribution < -0.4 is 5.73 Å². The molecular weight excluding hydrogens is 328 g/mol. The Morgan fingerprint density at radius 1 is 1.12 bits per heavy atom. The number of benzene rings is 2. The van der Waals surface area contributed by atoms with Gasteiger partial charge < -0.3 is 10.6 Å². The largest absolute Gasteiger partial charge is 0.368 e. The third kappa shape index (κ3) is 3.13. The summed E-state index contributed by atoms with van der Waals surface area (Å²) in [6, 6.07) is 12.8. The van der Waals surface area contributed by atoms with E-state index in [1.54, 1.807) is 17.0 Å². The van der Waals surface area contributed by atoms with Gasteiger partial charge in [0.25, 0.3) is 5.91 Å². The van der Waals surface area contributed by atoms with Crippen LogP contribution in [-0.2, 0) is 0 Å². The third-order valence-electron chi connectivity index (χ3n) is 4.37. The highest BCUT2D eigenvalue weighted by atomic mass is 16.2. The molecule has 0 radical (unpaired) electrons. The molecule has 0 unspecified atom stereocenters. The third-order valence-corrected chi connectivity index (χ3v) is 4.37. The minimum absolute atomic E-state index is 0.0639. The van der Waals surface area contributed by atoms with Gasteiger partial charge in [-0.1, -0.05) is 30.3 Å². The lowest BCUT2D eigenvalue weighted by molar-refractivity contribution is 0.0769. The second-order valence-electron chi connectivity index (χ2n) is 5.84. The molecule has 1 amide bonds. The number of anilines is 1. The Bertz CT molecular complexity index is 981. The summed E-state index contributed by atoms with van der Waals surface area (Å²) >= 11 is 0. The maximum Gasteiger partial charge on any atom is 0.273 e. The first-order chi connectivity index (χ1) is 12.6. The van der Waals surface area contributed by atoms with Gasteiger partial charge in [0.1, 0.15) is 5.69 Å². The van der Waals surface area contributed by atoms with Crippen molar-refractivity contribution in [1.29, 1.82) is 0 Å². The second-order valence-corrected chi connectivity index (χ2v) is 5.84. The first-order valence-corrected chi connectivity index (χ1v) is 8.50. The number of amides is 1. The molecule has 2 aromatic carbocycles. The van der Waals surface area contributed by atoms with Gasteiger partial charge in [0.2, 0.25) is 5.95 Å². The highest BCUT2D eigenvalue weighted by molar-refractivity contribution is 6.06. The summed E-state index contributed by atoms with van der Waals surface area (Å²) in [6.07, 6.45) is 0.820. The minimum atomic E-state index is -0.185. The van der Waals surface area contributed by atoms with Crippen molar-refractivity contribution in [2.24, 2.45) is 0 Å². The van der Waals surface area contributed by atoms with Crippen molar-refractivity contribution in [3.8, 4) is 11.1 Å². The average molecular weight is 348 g/mol. The van der Waals surface area contributed by atoms with Gasteiger partial charge in [0.05, 0.1) is 5.52 Å². The molecule has 0 aliphatic rings. The van der Waals surface area contributed by atoms with Gasteiger partial charge in [-0.2, -0.15) is 0 Å². The van der Waals surface area contributed by atoms with Crippen LogP contribution in [0.1, 0.15) is 34.7 Å². The lowest BCUT2D eigenvalue weighted by Gasteiger charge is -2.19. The Morgan fingerprint density at radius 3 is 2.54 bits per heavy atom. The molecule has 3 aromatic rings. The van der Waals surface area contributed by atoms with Gasteiger partial charge in [-0.05, 0) is 37.1 Å². The lowest BCUT2D eigenvalue weighted by atomic mass is 9.98. The number of aromatic nitrogens is 2. The molecular formula is C20H20N4O2. The second kappa shape index (κ2) is 7.31. The fraction of sp³-hybridized carbons (Fsp3) is 0.200. The summed E-state index contributed by atoms with van der Waals surface area (Å²) in [7, 11) is 0. The van der Waals surface area contributed by atoms with E-state index < -0.39 is 0 Å². The van der Waals surface area contributed by atoms with Gasteiger partial charge in [-0.25, -0.2) is 9.97 Å². The van der Waals surface area contributed by atoms with E-state index in [0.29, 0.717) is 29.6 Å². The maximum atomic E-state index is 12.9. The first kappa shape index (κ1) is 17.5. The minimum Gasteiger partial charge on any atom is -0.368 e. The van der Waals surface area contributed by atoms with Crippen molar-refractivity contribution in [3.05, 3.63) is 53.7 Å². The number of hydrogen-bond acceptors (Lipinski definition) is 5. The highest BCUT2D eigenvalue weighted by Crippen LogP contribution is 2.28. The van der Waals surface area contributed by atoms with E-state index in [9.17, 15) is 9.59 Å². The van der Waals surface area contributed by atoms with Crippen LogP contribution in [0.3, 0.4) is 0 Å². The number of fused-ring (bicyclic) bond motifs is 1. The molecule has 6 nitrogen and oxygen atoms in total. The van der Waals surface area contributed by atoms with E-state index in [2.05, 4.69) is 9.97 Å². The summed E-state index contributed by atoms with van der Waals surface area (Å²) in [5.41, 5.74) is 8.88. The molecule has 0 saturated carbocycles. The van der Waals surface area contributed by atoms with Crippen molar-refractivity contribution < 1.29 is 9.59 Å². The van der Waals surface area contributed by atoms with Crippen LogP contribution in [0.25, 0.3) is 22.0 Å². The van der Waals surface area contributed by atoms with E-state index in [0.717, 1.165) is 17.4 Å². The van der Waals surface area contributed by atoms with Gasteiger partial charge in [0, 0.05) is 24.0 Å². The van der Waals surface area contributed by atoms with Crippen molar-refractivity contribution in [1.82, 2.24) is 14.9 Å². The van der Waals surface area contributed by atoms with Crippen LogP contribution in [0.2, 0.25) is 0 Å². The van der Waals surface area contributed by atoms with Crippen LogP contribution in [0.15, 0.2) is 42.5 Å². The summed E-state index contributed by atoms with van der Waals surface area (Å²) in [6.45, 7) is 4.99. The quantitative estimate of drug-likeness (QED) is 0.715.